The fourth-order valence-corrected chi connectivity index (χ4v) is 4.05. The molecule has 1 N–H and O–H groups in total. The van der Waals surface area contributed by atoms with Crippen LogP contribution in [0.25, 0.3) is 10.6 Å². The number of benzene rings is 1. The van der Waals surface area contributed by atoms with Gasteiger partial charge in [-0.15, -0.1) is 11.3 Å². The summed E-state index contributed by atoms with van der Waals surface area (Å²) >= 11 is 1.71. The van der Waals surface area contributed by atoms with Gasteiger partial charge in [0.2, 0.25) is 0 Å². The highest BCUT2D eigenvalue weighted by Gasteiger charge is 2.24. The fraction of sp³-hybridized carbons (Fsp3) is 0.438. The van der Waals surface area contributed by atoms with Gasteiger partial charge in [-0.2, -0.15) is 0 Å². The van der Waals surface area contributed by atoms with Gasteiger partial charge in [0.25, 0.3) is 0 Å². The van der Waals surface area contributed by atoms with Crippen LogP contribution in [0.4, 0.5) is 4.39 Å². The molecule has 106 valence electrons. The molecule has 0 saturated heterocycles. The average molecular weight is 290 g/mol. The number of aryl methyl sites for hydroxylation is 2. The summed E-state index contributed by atoms with van der Waals surface area (Å²) in [6.45, 7) is 5.02. The van der Waals surface area contributed by atoms with E-state index in [9.17, 15) is 4.39 Å². The van der Waals surface area contributed by atoms with Crippen LogP contribution in [0, 0.1) is 12.7 Å². The predicted molar refractivity (Wildman–Crippen MR) is 81.6 cm³/mol. The van der Waals surface area contributed by atoms with Crippen molar-refractivity contribution in [2.75, 3.05) is 6.54 Å². The third kappa shape index (κ3) is 2.63. The number of aromatic nitrogens is 1. The molecule has 0 bridgehead atoms. The van der Waals surface area contributed by atoms with Crippen molar-refractivity contribution in [1.29, 1.82) is 0 Å². The minimum absolute atomic E-state index is 0.184. The van der Waals surface area contributed by atoms with Gasteiger partial charge in [0.15, 0.2) is 0 Å². The highest BCUT2D eigenvalue weighted by molar-refractivity contribution is 7.15. The van der Waals surface area contributed by atoms with Crippen LogP contribution in [0.2, 0.25) is 0 Å². The maximum Gasteiger partial charge on any atom is 0.124 e. The SMILES string of the molecule is CCNC1CCCc2nc(-c3cc(C)cc(F)c3)sc21. The molecule has 1 aliphatic rings. The minimum atomic E-state index is -0.184. The molecule has 1 aromatic carbocycles. The Balaban J connectivity index is 2.00. The number of rotatable bonds is 3. The third-order valence-corrected chi connectivity index (χ3v) is 4.95. The summed E-state index contributed by atoms with van der Waals surface area (Å²) in [5.41, 5.74) is 3.04. The molecular weight excluding hydrogens is 271 g/mol. The smallest absolute Gasteiger partial charge is 0.124 e. The summed E-state index contributed by atoms with van der Waals surface area (Å²) in [4.78, 5) is 6.09. The Kier molecular flexibility index (Phi) is 3.85. The van der Waals surface area contributed by atoms with Crippen molar-refractivity contribution in [3.05, 3.63) is 40.2 Å². The van der Waals surface area contributed by atoms with E-state index in [1.54, 1.807) is 23.5 Å². The zero-order chi connectivity index (χ0) is 14.1. The Morgan fingerprint density at radius 1 is 1.40 bits per heavy atom. The van der Waals surface area contributed by atoms with Crippen LogP contribution in [-0.4, -0.2) is 11.5 Å². The lowest BCUT2D eigenvalue weighted by molar-refractivity contribution is 0.476. The standard InChI is InChI=1S/C16H19FN2S/c1-3-18-13-5-4-6-14-15(13)20-16(19-14)11-7-10(2)8-12(17)9-11/h7-9,13,18H,3-6H2,1-2H3. The summed E-state index contributed by atoms with van der Waals surface area (Å²) in [5.74, 6) is -0.184. The highest BCUT2D eigenvalue weighted by Crippen LogP contribution is 2.38. The average Bonchev–Trinajstić information content (AvgIpc) is 2.83. The zero-order valence-corrected chi connectivity index (χ0v) is 12.7. The highest BCUT2D eigenvalue weighted by atomic mass is 32.1. The molecule has 1 aromatic heterocycles. The second-order valence-corrected chi connectivity index (χ2v) is 6.38. The van der Waals surface area contributed by atoms with Crippen molar-refractivity contribution in [3.8, 4) is 10.6 Å². The van der Waals surface area contributed by atoms with E-state index in [4.69, 9.17) is 4.98 Å². The van der Waals surface area contributed by atoms with E-state index in [2.05, 4.69) is 12.2 Å². The lowest BCUT2D eigenvalue weighted by atomic mass is 9.98. The largest absolute Gasteiger partial charge is 0.309 e. The van der Waals surface area contributed by atoms with Crippen LogP contribution >= 0.6 is 11.3 Å². The van der Waals surface area contributed by atoms with Crippen LogP contribution in [0.15, 0.2) is 18.2 Å². The molecule has 2 nitrogen and oxygen atoms in total. The lowest BCUT2D eigenvalue weighted by Gasteiger charge is -2.21. The van der Waals surface area contributed by atoms with Crippen LogP contribution in [0.3, 0.4) is 0 Å². The van der Waals surface area contributed by atoms with Crippen molar-refractivity contribution in [2.45, 2.75) is 39.2 Å². The molecular formula is C16H19FN2S. The van der Waals surface area contributed by atoms with E-state index in [0.29, 0.717) is 6.04 Å². The first-order valence-corrected chi connectivity index (χ1v) is 7.99. The first-order valence-electron chi connectivity index (χ1n) is 7.18. The molecule has 1 aliphatic carbocycles. The van der Waals surface area contributed by atoms with Gasteiger partial charge in [0.05, 0.1) is 5.69 Å². The topological polar surface area (TPSA) is 24.9 Å². The van der Waals surface area contributed by atoms with E-state index in [0.717, 1.165) is 29.1 Å². The summed E-state index contributed by atoms with van der Waals surface area (Å²) in [6.07, 6.45) is 3.39. The second kappa shape index (κ2) is 5.62. The number of nitrogens with zero attached hydrogens (tertiary/aromatic N) is 1. The molecule has 1 heterocycles. The lowest BCUT2D eigenvalue weighted by Crippen LogP contribution is -2.23. The van der Waals surface area contributed by atoms with Crippen molar-refractivity contribution >= 4 is 11.3 Å². The number of hydrogen-bond acceptors (Lipinski definition) is 3. The molecule has 0 amide bonds. The van der Waals surface area contributed by atoms with Crippen molar-refractivity contribution in [2.24, 2.45) is 0 Å². The maximum atomic E-state index is 13.6. The van der Waals surface area contributed by atoms with Gasteiger partial charge in [-0.25, -0.2) is 9.37 Å². The van der Waals surface area contributed by atoms with Crippen molar-refractivity contribution in [3.63, 3.8) is 0 Å². The molecule has 4 heteroatoms. The Morgan fingerprint density at radius 3 is 3.00 bits per heavy atom. The normalized spacial score (nSPS) is 18.1. The Bertz CT molecular complexity index is 601. The number of halogens is 1. The molecule has 3 rings (SSSR count). The second-order valence-electron chi connectivity index (χ2n) is 5.35. The van der Waals surface area contributed by atoms with Crippen LogP contribution in [0.1, 0.15) is 41.9 Å². The van der Waals surface area contributed by atoms with Gasteiger partial charge < -0.3 is 5.32 Å². The number of thiazole rings is 1. The molecule has 0 aliphatic heterocycles. The van der Waals surface area contributed by atoms with Crippen molar-refractivity contribution in [1.82, 2.24) is 10.3 Å². The predicted octanol–water partition coefficient (Wildman–Crippen LogP) is 4.24. The van der Waals surface area contributed by atoms with Crippen LogP contribution in [0.5, 0.6) is 0 Å². The first-order chi connectivity index (χ1) is 9.67. The van der Waals surface area contributed by atoms with Gasteiger partial charge in [0, 0.05) is 16.5 Å². The van der Waals surface area contributed by atoms with E-state index < -0.39 is 0 Å². The third-order valence-electron chi connectivity index (χ3n) is 3.69. The van der Waals surface area contributed by atoms with Crippen LogP contribution < -0.4 is 5.32 Å². The van der Waals surface area contributed by atoms with Gasteiger partial charge in [0.1, 0.15) is 10.8 Å². The van der Waals surface area contributed by atoms with Gasteiger partial charge >= 0.3 is 0 Å². The van der Waals surface area contributed by atoms with Crippen LogP contribution in [-0.2, 0) is 6.42 Å². The molecule has 0 spiro atoms. The Labute approximate surface area is 123 Å². The zero-order valence-electron chi connectivity index (χ0n) is 11.9. The van der Waals surface area contributed by atoms with E-state index in [1.807, 2.05) is 13.0 Å². The van der Waals surface area contributed by atoms with E-state index in [-0.39, 0.29) is 5.82 Å². The molecule has 20 heavy (non-hydrogen) atoms. The molecule has 1 unspecified atom stereocenters. The molecule has 1 atom stereocenters. The Hall–Kier alpha value is -1.26. The minimum Gasteiger partial charge on any atom is -0.309 e. The quantitative estimate of drug-likeness (QED) is 0.914. The summed E-state index contributed by atoms with van der Waals surface area (Å²) in [6, 6.07) is 5.57. The maximum absolute atomic E-state index is 13.6. The monoisotopic (exact) mass is 290 g/mol. The molecule has 2 aromatic rings. The summed E-state index contributed by atoms with van der Waals surface area (Å²) in [7, 11) is 0. The van der Waals surface area contributed by atoms with E-state index in [1.165, 1.54) is 23.4 Å². The number of fused-ring (bicyclic) bond motifs is 1. The molecule has 0 saturated carbocycles. The van der Waals surface area contributed by atoms with Gasteiger partial charge in [-0.05, 0) is 56.5 Å². The summed E-state index contributed by atoms with van der Waals surface area (Å²) < 4.78 is 13.6. The summed E-state index contributed by atoms with van der Waals surface area (Å²) in [5, 5.41) is 4.47. The molecule has 0 radical (unpaired) electrons. The van der Waals surface area contributed by atoms with Gasteiger partial charge in [-0.1, -0.05) is 6.92 Å². The number of hydrogen-bond donors (Lipinski definition) is 1. The van der Waals surface area contributed by atoms with E-state index >= 15 is 0 Å². The van der Waals surface area contributed by atoms with Gasteiger partial charge in [-0.3, -0.25) is 0 Å². The first kappa shape index (κ1) is 13.7. The van der Waals surface area contributed by atoms with Crippen molar-refractivity contribution < 1.29 is 4.39 Å². The molecule has 0 fully saturated rings. The Morgan fingerprint density at radius 2 is 2.25 bits per heavy atom. The fourth-order valence-electron chi connectivity index (χ4n) is 2.84. The number of nitrogens with one attached hydrogen (secondary N) is 1.